The first-order chi connectivity index (χ1) is 9.25. The molecule has 1 aromatic rings. The number of fused-ring (bicyclic) bond motifs is 1. The van der Waals surface area contributed by atoms with Crippen molar-refractivity contribution in [2.24, 2.45) is 5.92 Å². The summed E-state index contributed by atoms with van der Waals surface area (Å²) in [6.45, 7) is 1.99. The molecule has 19 heavy (non-hydrogen) atoms. The number of carbonyl (C=O) groups is 1. The highest BCUT2D eigenvalue weighted by molar-refractivity contribution is 6.01. The lowest BCUT2D eigenvalue weighted by Crippen LogP contribution is -2.52. The molecule has 0 amide bonds. The number of nitrogens with zero attached hydrogens (tertiary/aromatic N) is 1. The highest BCUT2D eigenvalue weighted by atomic mass is 16.1. The van der Waals surface area contributed by atoms with Gasteiger partial charge in [-0.25, -0.2) is 0 Å². The minimum atomic E-state index is 0.00208. The molecule has 3 heteroatoms. The van der Waals surface area contributed by atoms with Gasteiger partial charge in [-0.3, -0.25) is 9.78 Å². The van der Waals surface area contributed by atoms with Crippen molar-refractivity contribution in [1.82, 2.24) is 10.3 Å². The van der Waals surface area contributed by atoms with Gasteiger partial charge in [0, 0.05) is 24.0 Å². The maximum absolute atomic E-state index is 12.6. The normalized spacial score (nSPS) is 30.7. The first kappa shape index (κ1) is 12.8. The first-order valence-corrected chi connectivity index (χ1v) is 7.46. The molecule has 1 aliphatic carbocycles. The molecule has 1 aromatic heterocycles. The minimum Gasteiger partial charge on any atom is -0.304 e. The van der Waals surface area contributed by atoms with E-state index in [9.17, 15) is 4.79 Å². The Morgan fingerprint density at radius 1 is 1.26 bits per heavy atom. The molecule has 1 aliphatic heterocycles. The van der Waals surface area contributed by atoms with Crippen LogP contribution in [0.4, 0.5) is 0 Å². The van der Waals surface area contributed by atoms with Crippen LogP contribution >= 0.6 is 0 Å². The Morgan fingerprint density at radius 2 is 2.11 bits per heavy atom. The third-order valence-electron chi connectivity index (χ3n) is 4.77. The molecule has 3 atom stereocenters. The lowest BCUT2D eigenvalue weighted by atomic mass is 9.76. The van der Waals surface area contributed by atoms with Gasteiger partial charge in [-0.05, 0) is 50.2 Å². The number of ketones is 1. The molecule has 102 valence electrons. The molecule has 1 saturated heterocycles. The van der Waals surface area contributed by atoms with E-state index in [1.807, 2.05) is 13.0 Å². The number of hydrogen-bond donors (Lipinski definition) is 1. The van der Waals surface area contributed by atoms with E-state index < -0.39 is 0 Å². The van der Waals surface area contributed by atoms with E-state index in [-0.39, 0.29) is 11.8 Å². The molecule has 1 saturated carbocycles. The molecule has 2 fully saturated rings. The van der Waals surface area contributed by atoms with Crippen molar-refractivity contribution < 1.29 is 4.79 Å². The third kappa shape index (κ3) is 2.57. The predicted molar refractivity (Wildman–Crippen MR) is 75.2 cm³/mol. The average Bonchev–Trinajstić information content (AvgIpc) is 2.46. The van der Waals surface area contributed by atoms with Crippen LogP contribution in [0.15, 0.2) is 18.5 Å². The van der Waals surface area contributed by atoms with E-state index in [1.165, 1.54) is 32.1 Å². The van der Waals surface area contributed by atoms with E-state index in [0.717, 1.165) is 23.5 Å². The van der Waals surface area contributed by atoms with E-state index >= 15 is 0 Å². The molecular formula is C16H22N2O. The lowest BCUT2D eigenvalue weighted by Gasteiger charge is -2.40. The van der Waals surface area contributed by atoms with Crippen molar-refractivity contribution in [3.63, 3.8) is 0 Å². The van der Waals surface area contributed by atoms with Gasteiger partial charge >= 0.3 is 0 Å². The molecule has 0 aromatic carbocycles. The van der Waals surface area contributed by atoms with Gasteiger partial charge in [0.25, 0.3) is 0 Å². The van der Waals surface area contributed by atoms with Crippen LogP contribution in [0.25, 0.3) is 0 Å². The number of aryl methyl sites for hydroxylation is 1. The Hall–Kier alpha value is -1.22. The molecule has 1 N–H and O–H groups in total. The molecule has 2 aliphatic rings. The fourth-order valence-corrected chi connectivity index (χ4v) is 3.61. The zero-order chi connectivity index (χ0) is 13.2. The monoisotopic (exact) mass is 258 g/mol. The minimum absolute atomic E-state index is 0.00208. The lowest BCUT2D eigenvalue weighted by molar-refractivity contribution is 0.0860. The van der Waals surface area contributed by atoms with Crippen molar-refractivity contribution in [3.8, 4) is 0 Å². The maximum Gasteiger partial charge on any atom is 0.181 e. The summed E-state index contributed by atoms with van der Waals surface area (Å²) in [6.07, 6.45) is 10.9. The van der Waals surface area contributed by atoms with Gasteiger partial charge in [0.1, 0.15) is 0 Å². The molecule has 3 rings (SSSR count). The number of pyridine rings is 1. The van der Waals surface area contributed by atoms with E-state index in [4.69, 9.17) is 0 Å². The van der Waals surface area contributed by atoms with Crippen LogP contribution in [0.1, 0.15) is 54.4 Å². The largest absolute Gasteiger partial charge is 0.304 e. The van der Waals surface area contributed by atoms with Crippen molar-refractivity contribution in [1.29, 1.82) is 0 Å². The standard InChI is InChI=1S/C16H22N2O/c1-11-8-9-17-10-13(11)16(19)15-7-6-12-4-2-3-5-14(12)18-15/h8-10,12,14-15,18H,2-7H2,1H3. The van der Waals surface area contributed by atoms with E-state index in [2.05, 4.69) is 10.3 Å². The van der Waals surface area contributed by atoms with Crippen LogP contribution in [-0.2, 0) is 0 Å². The van der Waals surface area contributed by atoms with E-state index in [1.54, 1.807) is 12.4 Å². The van der Waals surface area contributed by atoms with Crippen LogP contribution in [0, 0.1) is 12.8 Å². The van der Waals surface area contributed by atoms with Crippen LogP contribution in [-0.4, -0.2) is 22.9 Å². The molecule has 2 heterocycles. The number of hydrogen-bond acceptors (Lipinski definition) is 3. The summed E-state index contributed by atoms with van der Waals surface area (Å²) < 4.78 is 0. The van der Waals surface area contributed by atoms with Gasteiger partial charge in [-0.2, -0.15) is 0 Å². The summed E-state index contributed by atoms with van der Waals surface area (Å²) in [5, 5.41) is 3.60. The van der Waals surface area contributed by atoms with Crippen molar-refractivity contribution >= 4 is 5.78 Å². The Bertz CT molecular complexity index is 472. The smallest absolute Gasteiger partial charge is 0.181 e. The van der Waals surface area contributed by atoms with Gasteiger partial charge < -0.3 is 5.32 Å². The van der Waals surface area contributed by atoms with Gasteiger partial charge in [0.05, 0.1) is 6.04 Å². The fraction of sp³-hybridized carbons (Fsp3) is 0.625. The second-order valence-electron chi connectivity index (χ2n) is 6.00. The summed E-state index contributed by atoms with van der Waals surface area (Å²) >= 11 is 0. The number of carbonyl (C=O) groups excluding carboxylic acids is 1. The van der Waals surface area contributed by atoms with Gasteiger partial charge in [0.15, 0.2) is 5.78 Å². The molecule has 0 spiro atoms. The quantitative estimate of drug-likeness (QED) is 0.829. The Morgan fingerprint density at radius 3 is 2.95 bits per heavy atom. The maximum atomic E-state index is 12.6. The summed E-state index contributed by atoms with van der Waals surface area (Å²) in [4.78, 5) is 16.7. The summed E-state index contributed by atoms with van der Waals surface area (Å²) in [5.74, 6) is 1.03. The molecule has 0 bridgehead atoms. The van der Waals surface area contributed by atoms with E-state index in [0.29, 0.717) is 6.04 Å². The number of aromatic nitrogens is 1. The number of rotatable bonds is 2. The van der Waals surface area contributed by atoms with Gasteiger partial charge in [-0.15, -0.1) is 0 Å². The summed E-state index contributed by atoms with van der Waals surface area (Å²) in [6, 6.07) is 2.48. The van der Waals surface area contributed by atoms with Gasteiger partial charge in [0.2, 0.25) is 0 Å². The first-order valence-electron chi connectivity index (χ1n) is 7.46. The van der Waals surface area contributed by atoms with Crippen molar-refractivity contribution in [2.75, 3.05) is 0 Å². The van der Waals surface area contributed by atoms with Gasteiger partial charge in [-0.1, -0.05) is 12.8 Å². The van der Waals surface area contributed by atoms with Crippen LogP contribution in [0.3, 0.4) is 0 Å². The second-order valence-corrected chi connectivity index (χ2v) is 6.00. The summed E-state index contributed by atoms with van der Waals surface area (Å²) in [7, 11) is 0. The summed E-state index contributed by atoms with van der Waals surface area (Å²) in [5.41, 5.74) is 1.82. The molecular weight excluding hydrogens is 236 g/mol. The molecule has 3 unspecified atom stereocenters. The molecule has 3 nitrogen and oxygen atoms in total. The molecule has 0 radical (unpaired) electrons. The predicted octanol–water partition coefficient (Wildman–Crippen LogP) is 2.88. The SMILES string of the molecule is Cc1ccncc1C(=O)C1CCC2CCCCC2N1. The number of Topliss-reactive ketones (excluding diaryl/α,β-unsaturated/α-hetero) is 1. The van der Waals surface area contributed by atoms with Crippen molar-refractivity contribution in [3.05, 3.63) is 29.6 Å². The number of piperidine rings is 1. The highest BCUT2D eigenvalue weighted by Gasteiger charge is 2.34. The zero-order valence-electron chi connectivity index (χ0n) is 11.6. The zero-order valence-corrected chi connectivity index (χ0v) is 11.6. The van der Waals surface area contributed by atoms with Crippen molar-refractivity contribution in [2.45, 2.75) is 57.5 Å². The Kier molecular flexibility index (Phi) is 3.65. The Balaban J connectivity index is 1.73. The average molecular weight is 258 g/mol. The highest BCUT2D eigenvalue weighted by Crippen LogP contribution is 2.33. The number of nitrogens with one attached hydrogen (secondary N) is 1. The fourth-order valence-electron chi connectivity index (χ4n) is 3.61. The second kappa shape index (κ2) is 5.41. The topological polar surface area (TPSA) is 42.0 Å². The third-order valence-corrected chi connectivity index (χ3v) is 4.77. The Labute approximate surface area is 114 Å². The van der Waals surface area contributed by atoms with Crippen LogP contribution < -0.4 is 5.32 Å². The van der Waals surface area contributed by atoms with Crippen LogP contribution in [0.2, 0.25) is 0 Å². The van der Waals surface area contributed by atoms with Crippen LogP contribution in [0.5, 0.6) is 0 Å².